The van der Waals surface area contributed by atoms with Crippen LogP contribution >= 0.6 is 0 Å². The molecule has 0 radical (unpaired) electrons. The van der Waals surface area contributed by atoms with Crippen LogP contribution in [0.3, 0.4) is 0 Å². The first-order chi connectivity index (χ1) is 14.0. The number of hydrogen-bond acceptors (Lipinski definition) is 7. The van der Waals surface area contributed by atoms with Crippen LogP contribution < -0.4 is 11.0 Å². The molecule has 3 N–H and O–H groups in total. The fraction of sp³-hybridized carbons (Fsp3) is 0.222. The molecule has 0 aliphatic carbocycles. The molecule has 1 atom stereocenters. The van der Waals surface area contributed by atoms with E-state index in [0.29, 0.717) is 28.0 Å². The molecule has 4 rings (SSSR count). The molecule has 1 unspecified atom stereocenters. The fourth-order valence-corrected chi connectivity index (χ4v) is 3.07. The Morgan fingerprint density at radius 1 is 1.45 bits per heavy atom. The van der Waals surface area contributed by atoms with Crippen molar-refractivity contribution >= 4 is 22.6 Å². The summed E-state index contributed by atoms with van der Waals surface area (Å²) in [5.74, 6) is -0.116. The highest BCUT2D eigenvalue weighted by Gasteiger charge is 2.22. The van der Waals surface area contributed by atoms with E-state index in [1.165, 1.54) is 10.8 Å². The van der Waals surface area contributed by atoms with Gasteiger partial charge in [-0.1, -0.05) is 0 Å². The third-order valence-corrected chi connectivity index (χ3v) is 4.53. The van der Waals surface area contributed by atoms with E-state index in [9.17, 15) is 9.59 Å². The van der Waals surface area contributed by atoms with Crippen molar-refractivity contribution < 1.29 is 9.90 Å². The van der Waals surface area contributed by atoms with E-state index in [2.05, 4.69) is 31.4 Å². The van der Waals surface area contributed by atoms with Gasteiger partial charge in [0.05, 0.1) is 41.7 Å². The maximum Gasteiger partial charge on any atom is 0.328 e. The van der Waals surface area contributed by atoms with Crippen LogP contribution in [0.2, 0.25) is 0 Å². The highest BCUT2D eigenvalue weighted by atomic mass is 16.3. The van der Waals surface area contributed by atoms with Gasteiger partial charge >= 0.3 is 5.69 Å². The second-order valence-corrected chi connectivity index (χ2v) is 6.34. The minimum atomic E-state index is -0.848. The van der Waals surface area contributed by atoms with E-state index in [-0.39, 0.29) is 18.8 Å². The van der Waals surface area contributed by atoms with E-state index in [4.69, 9.17) is 10.4 Å². The van der Waals surface area contributed by atoms with Crippen molar-refractivity contribution in [3.63, 3.8) is 0 Å². The molecule has 0 saturated heterocycles. The van der Waals surface area contributed by atoms with Gasteiger partial charge in [-0.2, -0.15) is 10.4 Å². The maximum atomic E-state index is 12.4. The zero-order valence-electron chi connectivity index (χ0n) is 15.3. The van der Waals surface area contributed by atoms with Gasteiger partial charge in [0.15, 0.2) is 11.5 Å². The number of fused-ring (bicyclic) bond motifs is 2. The summed E-state index contributed by atoms with van der Waals surface area (Å²) in [6, 6.07) is 4.55. The molecule has 0 saturated carbocycles. The Hall–Kier alpha value is -4.04. The molecular weight excluding hydrogens is 376 g/mol. The molecular formula is C18H16N8O3. The van der Waals surface area contributed by atoms with Gasteiger partial charge < -0.3 is 15.4 Å². The van der Waals surface area contributed by atoms with Crippen molar-refractivity contribution in [2.75, 3.05) is 13.2 Å². The molecule has 0 aliphatic rings. The number of pyridine rings is 1. The summed E-state index contributed by atoms with van der Waals surface area (Å²) >= 11 is 0. The van der Waals surface area contributed by atoms with Crippen LogP contribution in [-0.2, 0) is 4.79 Å². The van der Waals surface area contributed by atoms with E-state index in [1.807, 2.05) is 0 Å². The standard InChI is InChI=1S/C18H16N8O3/c1-10(17(28)20-3-5-27)26-16-13(23-18(26)29)9-21-15(24-16)12-8-22-25-4-2-11(7-19)6-14(12)25/h2,4,6,8-10,27H,3,5H2,1H3,(H,20,28)(H,23,29). The molecule has 4 heterocycles. The molecule has 4 aromatic rings. The maximum absolute atomic E-state index is 12.4. The van der Waals surface area contributed by atoms with Crippen molar-refractivity contribution in [2.24, 2.45) is 0 Å². The second-order valence-electron chi connectivity index (χ2n) is 6.34. The lowest BCUT2D eigenvalue weighted by atomic mass is 10.2. The molecule has 11 nitrogen and oxygen atoms in total. The number of aromatic amines is 1. The minimum Gasteiger partial charge on any atom is -0.395 e. The highest BCUT2D eigenvalue weighted by Crippen LogP contribution is 2.23. The molecule has 1 amide bonds. The third-order valence-electron chi connectivity index (χ3n) is 4.53. The number of nitriles is 1. The second kappa shape index (κ2) is 7.17. The fourth-order valence-electron chi connectivity index (χ4n) is 3.07. The smallest absolute Gasteiger partial charge is 0.328 e. The van der Waals surface area contributed by atoms with Crippen molar-refractivity contribution in [3.8, 4) is 17.5 Å². The van der Waals surface area contributed by atoms with Crippen LogP contribution in [0.15, 0.2) is 35.5 Å². The zero-order chi connectivity index (χ0) is 20.5. The third kappa shape index (κ3) is 3.11. The number of nitrogens with one attached hydrogen (secondary N) is 2. The molecule has 0 fully saturated rings. The average molecular weight is 392 g/mol. The highest BCUT2D eigenvalue weighted by molar-refractivity contribution is 5.83. The number of H-pyrrole nitrogens is 1. The number of rotatable bonds is 5. The molecule has 0 aliphatic heterocycles. The van der Waals surface area contributed by atoms with E-state index in [1.54, 1.807) is 36.0 Å². The van der Waals surface area contributed by atoms with Crippen LogP contribution in [-0.4, -0.2) is 53.3 Å². The number of amides is 1. The Labute approximate surface area is 163 Å². The SMILES string of the molecule is CC(C(=O)NCCO)n1c(=O)[nH]c2cnc(-c3cnn4ccc(C#N)cc34)nc21. The largest absolute Gasteiger partial charge is 0.395 e. The van der Waals surface area contributed by atoms with Gasteiger partial charge in [0.25, 0.3) is 0 Å². The van der Waals surface area contributed by atoms with Crippen LogP contribution in [0.25, 0.3) is 28.1 Å². The van der Waals surface area contributed by atoms with Gasteiger partial charge in [-0.25, -0.2) is 19.3 Å². The lowest BCUT2D eigenvalue weighted by molar-refractivity contribution is -0.124. The van der Waals surface area contributed by atoms with Crippen molar-refractivity contribution in [1.82, 2.24) is 34.4 Å². The summed E-state index contributed by atoms with van der Waals surface area (Å²) in [4.78, 5) is 36.1. The number of carbonyl (C=O) groups excluding carboxylic acids is 1. The van der Waals surface area contributed by atoms with Gasteiger partial charge in [0.2, 0.25) is 5.91 Å². The number of aliphatic hydroxyl groups is 1. The van der Waals surface area contributed by atoms with Gasteiger partial charge in [-0.05, 0) is 19.1 Å². The topological polar surface area (TPSA) is 154 Å². The molecule has 4 aromatic heterocycles. The van der Waals surface area contributed by atoms with Gasteiger partial charge in [-0.15, -0.1) is 0 Å². The van der Waals surface area contributed by atoms with Gasteiger partial charge in [0, 0.05) is 12.7 Å². The summed E-state index contributed by atoms with van der Waals surface area (Å²) in [6.07, 6.45) is 4.70. The minimum absolute atomic E-state index is 0.0874. The summed E-state index contributed by atoms with van der Waals surface area (Å²) < 4.78 is 2.83. The molecule has 0 bridgehead atoms. The Bertz CT molecular complexity index is 1330. The average Bonchev–Trinajstić information content (AvgIpc) is 3.30. The van der Waals surface area contributed by atoms with Crippen LogP contribution in [0.1, 0.15) is 18.5 Å². The first-order valence-corrected chi connectivity index (χ1v) is 8.77. The van der Waals surface area contributed by atoms with E-state index >= 15 is 0 Å². The Morgan fingerprint density at radius 2 is 2.28 bits per heavy atom. The predicted molar refractivity (Wildman–Crippen MR) is 102 cm³/mol. The summed E-state index contributed by atoms with van der Waals surface area (Å²) in [5, 5.41) is 24.8. The van der Waals surface area contributed by atoms with Gasteiger partial charge in [-0.3, -0.25) is 9.36 Å². The van der Waals surface area contributed by atoms with Crippen LogP contribution in [0.4, 0.5) is 0 Å². The molecule has 0 spiro atoms. The van der Waals surface area contributed by atoms with E-state index in [0.717, 1.165) is 0 Å². The quantitative estimate of drug-likeness (QED) is 0.431. The molecule has 146 valence electrons. The zero-order valence-corrected chi connectivity index (χ0v) is 15.3. The number of aliphatic hydroxyl groups excluding tert-OH is 1. The number of hydrogen-bond donors (Lipinski definition) is 3. The summed E-state index contributed by atoms with van der Waals surface area (Å²) in [6.45, 7) is 1.45. The number of carbonyl (C=O) groups is 1. The Morgan fingerprint density at radius 3 is 3.03 bits per heavy atom. The lowest BCUT2D eigenvalue weighted by Gasteiger charge is -2.13. The first-order valence-electron chi connectivity index (χ1n) is 8.77. The number of aromatic nitrogens is 6. The molecule has 29 heavy (non-hydrogen) atoms. The van der Waals surface area contributed by atoms with E-state index < -0.39 is 17.6 Å². The molecule has 0 aromatic carbocycles. The summed E-state index contributed by atoms with van der Waals surface area (Å²) in [5.41, 5.74) is 1.85. The first kappa shape index (κ1) is 18.3. The normalized spacial score (nSPS) is 12.2. The Balaban J connectivity index is 1.84. The van der Waals surface area contributed by atoms with Crippen molar-refractivity contribution in [2.45, 2.75) is 13.0 Å². The molecule has 11 heteroatoms. The van der Waals surface area contributed by atoms with Gasteiger partial charge in [0.1, 0.15) is 11.6 Å². The predicted octanol–water partition coefficient (Wildman–Crippen LogP) is -0.0245. The number of imidazole rings is 1. The van der Waals surface area contributed by atoms with Crippen molar-refractivity contribution in [3.05, 3.63) is 46.8 Å². The number of nitrogens with zero attached hydrogens (tertiary/aromatic N) is 6. The summed E-state index contributed by atoms with van der Waals surface area (Å²) in [7, 11) is 0. The van der Waals surface area contributed by atoms with Crippen LogP contribution in [0.5, 0.6) is 0 Å². The van der Waals surface area contributed by atoms with Crippen molar-refractivity contribution in [1.29, 1.82) is 5.26 Å². The Kier molecular flexibility index (Phi) is 4.53. The lowest BCUT2D eigenvalue weighted by Crippen LogP contribution is -2.36. The monoisotopic (exact) mass is 392 g/mol. The van der Waals surface area contributed by atoms with Crippen LogP contribution in [0, 0.1) is 11.3 Å².